The van der Waals surface area contributed by atoms with Gasteiger partial charge < -0.3 is 14.3 Å². The molecule has 1 saturated carbocycles. The van der Waals surface area contributed by atoms with Crippen molar-refractivity contribution in [2.45, 2.75) is 25.7 Å². The van der Waals surface area contributed by atoms with Gasteiger partial charge in [0.15, 0.2) is 5.69 Å². The molecule has 0 unspecified atom stereocenters. The van der Waals surface area contributed by atoms with Crippen LogP contribution in [0.4, 0.5) is 5.82 Å². The van der Waals surface area contributed by atoms with Crippen LogP contribution in [0.1, 0.15) is 40.8 Å². The Bertz CT molecular complexity index is 986. The molecule has 0 atom stereocenters. The standard InChI is InChI=1S/C19H21N7O2/c1-13-21-17(11-18(22-13)26-5-4-20-12-26)24-6-8-25(9-7-24)19(27)15-10-16(28-23-15)14-2-3-14/h4-5,10-12,14H,2-3,6-9H2,1H3. The van der Waals surface area contributed by atoms with Gasteiger partial charge in [-0.15, -0.1) is 0 Å². The molecule has 2 fully saturated rings. The number of aromatic nitrogens is 5. The molecular weight excluding hydrogens is 358 g/mol. The summed E-state index contributed by atoms with van der Waals surface area (Å²) >= 11 is 0. The van der Waals surface area contributed by atoms with Gasteiger partial charge >= 0.3 is 0 Å². The van der Waals surface area contributed by atoms with E-state index in [1.165, 1.54) is 0 Å². The fraction of sp³-hybridized carbons (Fsp3) is 0.421. The number of nitrogens with zero attached hydrogens (tertiary/aromatic N) is 7. The summed E-state index contributed by atoms with van der Waals surface area (Å²) in [5.41, 5.74) is 0.413. The van der Waals surface area contributed by atoms with Gasteiger partial charge in [-0.1, -0.05) is 5.16 Å². The van der Waals surface area contributed by atoms with Gasteiger partial charge in [0.25, 0.3) is 5.91 Å². The van der Waals surface area contributed by atoms with Crippen molar-refractivity contribution in [2.75, 3.05) is 31.1 Å². The summed E-state index contributed by atoms with van der Waals surface area (Å²) in [6.07, 6.45) is 7.55. The number of aryl methyl sites for hydroxylation is 1. The van der Waals surface area contributed by atoms with E-state index in [9.17, 15) is 4.79 Å². The van der Waals surface area contributed by atoms with Crippen molar-refractivity contribution in [3.8, 4) is 5.82 Å². The smallest absolute Gasteiger partial charge is 0.276 e. The highest BCUT2D eigenvalue weighted by atomic mass is 16.5. The van der Waals surface area contributed by atoms with Gasteiger partial charge in [-0.2, -0.15) is 0 Å². The van der Waals surface area contributed by atoms with Gasteiger partial charge in [-0.05, 0) is 19.8 Å². The molecule has 1 saturated heterocycles. The second-order valence-corrected chi connectivity index (χ2v) is 7.27. The van der Waals surface area contributed by atoms with E-state index >= 15 is 0 Å². The topological polar surface area (TPSA) is 93.2 Å². The van der Waals surface area contributed by atoms with Crippen molar-refractivity contribution in [1.29, 1.82) is 0 Å². The summed E-state index contributed by atoms with van der Waals surface area (Å²) in [6.45, 7) is 4.53. The molecule has 144 valence electrons. The Labute approximate surface area is 162 Å². The molecule has 1 aliphatic carbocycles. The third-order valence-electron chi connectivity index (χ3n) is 5.20. The first-order chi connectivity index (χ1) is 13.7. The van der Waals surface area contributed by atoms with E-state index in [4.69, 9.17) is 4.52 Å². The number of amides is 1. The normalized spacial score (nSPS) is 17.2. The summed E-state index contributed by atoms with van der Waals surface area (Å²) in [4.78, 5) is 29.8. The van der Waals surface area contributed by atoms with Crippen LogP contribution >= 0.6 is 0 Å². The highest BCUT2D eigenvalue weighted by Crippen LogP contribution is 2.40. The summed E-state index contributed by atoms with van der Waals surface area (Å²) in [5, 5.41) is 3.97. The second kappa shape index (κ2) is 6.74. The number of rotatable bonds is 4. The highest BCUT2D eigenvalue weighted by molar-refractivity contribution is 5.92. The van der Waals surface area contributed by atoms with Crippen molar-refractivity contribution in [3.05, 3.63) is 48.1 Å². The first-order valence-corrected chi connectivity index (χ1v) is 9.52. The SMILES string of the molecule is Cc1nc(N2CCN(C(=O)c3cc(C4CC4)on3)CC2)cc(-n2ccnc2)n1. The molecule has 28 heavy (non-hydrogen) atoms. The molecule has 0 radical (unpaired) electrons. The largest absolute Gasteiger partial charge is 0.360 e. The Hall–Kier alpha value is -3.23. The Morgan fingerprint density at radius 1 is 1.11 bits per heavy atom. The molecule has 5 rings (SSSR count). The predicted molar refractivity (Wildman–Crippen MR) is 100 cm³/mol. The molecule has 0 spiro atoms. The molecule has 9 heteroatoms. The third-order valence-corrected chi connectivity index (χ3v) is 5.20. The van der Waals surface area contributed by atoms with Crippen molar-refractivity contribution in [3.63, 3.8) is 0 Å². The zero-order chi connectivity index (χ0) is 19.1. The predicted octanol–water partition coefficient (Wildman–Crippen LogP) is 1.80. The first-order valence-electron chi connectivity index (χ1n) is 9.52. The molecular formula is C19H21N7O2. The van der Waals surface area contributed by atoms with Crippen LogP contribution < -0.4 is 4.90 Å². The second-order valence-electron chi connectivity index (χ2n) is 7.27. The number of hydrogen-bond acceptors (Lipinski definition) is 7. The first kappa shape index (κ1) is 16.9. The van der Waals surface area contributed by atoms with Gasteiger partial charge in [-0.25, -0.2) is 15.0 Å². The molecule has 0 bridgehead atoms. The zero-order valence-electron chi connectivity index (χ0n) is 15.7. The van der Waals surface area contributed by atoms with E-state index in [-0.39, 0.29) is 5.91 Å². The Balaban J connectivity index is 1.27. The summed E-state index contributed by atoms with van der Waals surface area (Å²) < 4.78 is 7.18. The summed E-state index contributed by atoms with van der Waals surface area (Å²) in [5.74, 6) is 3.58. The maximum absolute atomic E-state index is 12.7. The molecule has 3 aromatic rings. The number of anilines is 1. The minimum atomic E-state index is -0.0618. The van der Waals surface area contributed by atoms with Gasteiger partial charge in [0.05, 0.1) is 0 Å². The quantitative estimate of drug-likeness (QED) is 0.682. The summed E-state index contributed by atoms with van der Waals surface area (Å²) in [6, 6.07) is 3.75. The van der Waals surface area contributed by atoms with E-state index in [1.807, 2.05) is 28.7 Å². The lowest BCUT2D eigenvalue weighted by Crippen LogP contribution is -2.49. The van der Waals surface area contributed by atoms with Gasteiger partial charge in [-0.3, -0.25) is 9.36 Å². The molecule has 1 aliphatic heterocycles. The molecule has 2 aliphatic rings. The third kappa shape index (κ3) is 3.23. The van der Waals surface area contributed by atoms with Crippen molar-refractivity contribution in [2.24, 2.45) is 0 Å². The van der Waals surface area contributed by atoms with Crippen molar-refractivity contribution >= 4 is 11.7 Å². The Kier molecular flexibility index (Phi) is 4.07. The van der Waals surface area contributed by atoms with Crippen molar-refractivity contribution < 1.29 is 9.32 Å². The van der Waals surface area contributed by atoms with E-state index in [0.29, 0.717) is 43.6 Å². The van der Waals surface area contributed by atoms with Gasteiger partial charge in [0.1, 0.15) is 29.5 Å². The number of carbonyl (C=O) groups is 1. The molecule has 9 nitrogen and oxygen atoms in total. The van der Waals surface area contributed by atoms with Crippen LogP contribution in [-0.2, 0) is 0 Å². The van der Waals surface area contributed by atoms with E-state index < -0.39 is 0 Å². The lowest BCUT2D eigenvalue weighted by molar-refractivity contribution is 0.0736. The van der Waals surface area contributed by atoms with Crippen LogP contribution in [0.5, 0.6) is 0 Å². The van der Waals surface area contributed by atoms with E-state index in [1.54, 1.807) is 18.6 Å². The minimum Gasteiger partial charge on any atom is -0.360 e. The number of hydrogen-bond donors (Lipinski definition) is 0. The Morgan fingerprint density at radius 2 is 1.89 bits per heavy atom. The van der Waals surface area contributed by atoms with Crippen LogP contribution in [0.15, 0.2) is 35.4 Å². The maximum atomic E-state index is 12.7. The maximum Gasteiger partial charge on any atom is 0.276 e. The van der Waals surface area contributed by atoms with E-state index in [2.05, 4.69) is 25.0 Å². The van der Waals surface area contributed by atoms with Crippen LogP contribution in [0.2, 0.25) is 0 Å². The number of imidazole rings is 1. The van der Waals surface area contributed by atoms with E-state index in [0.717, 1.165) is 30.2 Å². The van der Waals surface area contributed by atoms with Crippen molar-refractivity contribution in [1.82, 2.24) is 29.6 Å². The minimum absolute atomic E-state index is 0.0618. The summed E-state index contributed by atoms with van der Waals surface area (Å²) in [7, 11) is 0. The molecule has 0 N–H and O–H groups in total. The van der Waals surface area contributed by atoms with Crippen LogP contribution in [0.3, 0.4) is 0 Å². The highest BCUT2D eigenvalue weighted by Gasteiger charge is 2.31. The lowest BCUT2D eigenvalue weighted by Gasteiger charge is -2.35. The fourth-order valence-electron chi connectivity index (χ4n) is 3.48. The van der Waals surface area contributed by atoms with Crippen LogP contribution in [0, 0.1) is 6.92 Å². The number of carbonyl (C=O) groups excluding carboxylic acids is 1. The fourth-order valence-corrected chi connectivity index (χ4v) is 3.48. The average molecular weight is 379 g/mol. The zero-order valence-corrected chi connectivity index (χ0v) is 15.7. The lowest BCUT2D eigenvalue weighted by atomic mass is 10.2. The van der Waals surface area contributed by atoms with Gasteiger partial charge in [0, 0.05) is 56.6 Å². The van der Waals surface area contributed by atoms with Crippen LogP contribution in [-0.4, -0.2) is 61.7 Å². The molecule has 4 heterocycles. The molecule has 0 aromatic carbocycles. The molecule has 3 aromatic heterocycles. The monoisotopic (exact) mass is 379 g/mol. The number of piperazine rings is 1. The van der Waals surface area contributed by atoms with Gasteiger partial charge in [0.2, 0.25) is 0 Å². The Morgan fingerprint density at radius 3 is 2.61 bits per heavy atom. The molecule has 1 amide bonds. The average Bonchev–Trinajstić information content (AvgIpc) is 3.21. The van der Waals surface area contributed by atoms with Crippen LogP contribution in [0.25, 0.3) is 5.82 Å².